The van der Waals surface area contributed by atoms with Gasteiger partial charge in [-0.3, -0.25) is 4.79 Å². The third-order valence-corrected chi connectivity index (χ3v) is 5.50. The number of rotatable bonds is 3. The normalized spacial score (nSPS) is 14.6. The molecule has 1 saturated heterocycles. The van der Waals surface area contributed by atoms with Crippen molar-refractivity contribution in [3.05, 3.63) is 63.4 Å². The number of anilines is 1. The molecule has 0 spiro atoms. The summed E-state index contributed by atoms with van der Waals surface area (Å²) in [6.07, 6.45) is 4.44. The summed E-state index contributed by atoms with van der Waals surface area (Å²) < 4.78 is 6.45. The molecule has 0 atom stereocenters. The fraction of sp³-hybridized carbons (Fsp3) is 0.318. The van der Waals surface area contributed by atoms with Gasteiger partial charge >= 0.3 is 5.97 Å². The average molecular weight is 412 g/mol. The quantitative estimate of drug-likeness (QED) is 0.604. The van der Waals surface area contributed by atoms with Crippen LogP contribution < -0.4 is 10.5 Å². The lowest BCUT2D eigenvalue weighted by atomic mass is 10.1. The van der Waals surface area contributed by atoms with E-state index in [-0.39, 0.29) is 5.56 Å². The Hall–Kier alpha value is -2.86. The Balaban J connectivity index is 1.96. The largest absolute Gasteiger partial charge is 0.465 e. The first-order valence-corrected chi connectivity index (χ1v) is 10.1. The van der Waals surface area contributed by atoms with E-state index in [4.69, 9.17) is 21.3 Å². The fourth-order valence-corrected chi connectivity index (χ4v) is 3.85. The standard InChI is InChI=1S/C22H22ClN3O3/c1-29-21(28)15-6-11-18-19(14-15)24-22(25-12-4-2-3-5-13-25)26(20(18)27)17-9-7-16(23)8-10-17/h6-11,14H,2-5,12-13H2,1H3. The van der Waals surface area contributed by atoms with E-state index in [1.807, 2.05) is 12.1 Å². The van der Waals surface area contributed by atoms with Gasteiger partial charge in [-0.15, -0.1) is 0 Å². The van der Waals surface area contributed by atoms with E-state index >= 15 is 0 Å². The van der Waals surface area contributed by atoms with Crippen LogP contribution in [-0.2, 0) is 4.74 Å². The maximum Gasteiger partial charge on any atom is 0.337 e. The van der Waals surface area contributed by atoms with Crippen molar-refractivity contribution in [1.82, 2.24) is 9.55 Å². The van der Waals surface area contributed by atoms with Gasteiger partial charge in [0.15, 0.2) is 0 Å². The van der Waals surface area contributed by atoms with Gasteiger partial charge in [0, 0.05) is 18.1 Å². The van der Waals surface area contributed by atoms with Crippen molar-refractivity contribution in [2.24, 2.45) is 0 Å². The fourth-order valence-electron chi connectivity index (χ4n) is 3.72. The lowest BCUT2D eigenvalue weighted by molar-refractivity contribution is 0.0601. The molecule has 6 nitrogen and oxygen atoms in total. The number of ether oxygens (including phenoxy) is 1. The third kappa shape index (κ3) is 3.85. The molecule has 0 aliphatic carbocycles. The molecule has 7 heteroatoms. The van der Waals surface area contributed by atoms with Crippen molar-refractivity contribution in [3.8, 4) is 5.69 Å². The molecule has 0 amide bonds. The first kappa shape index (κ1) is 19.5. The van der Waals surface area contributed by atoms with Crippen molar-refractivity contribution in [2.75, 3.05) is 25.1 Å². The molecule has 0 bridgehead atoms. The van der Waals surface area contributed by atoms with Crippen LogP contribution in [0.25, 0.3) is 16.6 Å². The smallest absolute Gasteiger partial charge is 0.337 e. The van der Waals surface area contributed by atoms with Crippen LogP contribution in [0.15, 0.2) is 47.3 Å². The lowest BCUT2D eigenvalue weighted by Crippen LogP contribution is -2.33. The van der Waals surface area contributed by atoms with Crippen LogP contribution in [0.4, 0.5) is 5.95 Å². The minimum atomic E-state index is -0.452. The first-order chi connectivity index (χ1) is 14.1. The van der Waals surface area contributed by atoms with Crippen LogP contribution in [0.1, 0.15) is 36.0 Å². The zero-order valence-corrected chi connectivity index (χ0v) is 17.0. The van der Waals surface area contributed by atoms with E-state index in [1.54, 1.807) is 34.9 Å². The molecule has 0 radical (unpaired) electrons. The summed E-state index contributed by atoms with van der Waals surface area (Å²) in [6.45, 7) is 1.67. The molecule has 1 fully saturated rings. The zero-order chi connectivity index (χ0) is 20.4. The predicted molar refractivity (Wildman–Crippen MR) is 114 cm³/mol. The highest BCUT2D eigenvalue weighted by Gasteiger charge is 2.20. The highest BCUT2D eigenvalue weighted by atomic mass is 35.5. The molecule has 4 rings (SSSR count). The monoisotopic (exact) mass is 411 g/mol. The van der Waals surface area contributed by atoms with Gasteiger partial charge in [-0.25, -0.2) is 14.3 Å². The molecule has 2 aromatic carbocycles. The highest BCUT2D eigenvalue weighted by molar-refractivity contribution is 6.30. The number of hydrogen-bond acceptors (Lipinski definition) is 5. The van der Waals surface area contributed by atoms with Crippen molar-refractivity contribution < 1.29 is 9.53 Å². The zero-order valence-electron chi connectivity index (χ0n) is 16.2. The van der Waals surface area contributed by atoms with Crippen LogP contribution in [0, 0.1) is 0 Å². The Bertz CT molecular complexity index is 1100. The van der Waals surface area contributed by atoms with Gasteiger partial charge in [0.25, 0.3) is 5.56 Å². The van der Waals surface area contributed by atoms with Crippen molar-refractivity contribution >= 4 is 34.4 Å². The summed E-state index contributed by atoms with van der Waals surface area (Å²) in [5.74, 6) is 0.139. The van der Waals surface area contributed by atoms with E-state index < -0.39 is 5.97 Å². The molecule has 150 valence electrons. The summed E-state index contributed by atoms with van der Waals surface area (Å²) in [6, 6.07) is 12.0. The molecule has 1 aromatic heterocycles. The maximum atomic E-state index is 13.5. The Morgan fingerprint density at radius 3 is 2.38 bits per heavy atom. The number of carbonyl (C=O) groups is 1. The molecule has 29 heavy (non-hydrogen) atoms. The number of benzene rings is 2. The lowest BCUT2D eigenvalue weighted by Gasteiger charge is -2.25. The molecule has 3 aromatic rings. The number of carbonyl (C=O) groups excluding carboxylic acids is 1. The van der Waals surface area contributed by atoms with Crippen molar-refractivity contribution in [3.63, 3.8) is 0 Å². The Labute approximate surface area is 173 Å². The van der Waals surface area contributed by atoms with Crippen molar-refractivity contribution in [2.45, 2.75) is 25.7 Å². The Kier molecular flexibility index (Phi) is 5.53. The van der Waals surface area contributed by atoms with Crippen LogP contribution >= 0.6 is 11.6 Å². The molecule has 0 unspecified atom stereocenters. The van der Waals surface area contributed by atoms with Gasteiger partial charge in [-0.2, -0.15) is 0 Å². The number of nitrogens with zero attached hydrogens (tertiary/aromatic N) is 3. The molecule has 2 heterocycles. The van der Waals surface area contributed by atoms with Gasteiger partial charge < -0.3 is 9.64 Å². The van der Waals surface area contributed by atoms with Crippen molar-refractivity contribution in [1.29, 1.82) is 0 Å². The highest BCUT2D eigenvalue weighted by Crippen LogP contribution is 2.24. The van der Waals surface area contributed by atoms with Crippen LogP contribution in [0.5, 0.6) is 0 Å². The number of fused-ring (bicyclic) bond motifs is 1. The molecular weight excluding hydrogens is 390 g/mol. The second-order valence-electron chi connectivity index (χ2n) is 7.15. The number of halogens is 1. The Morgan fingerprint density at radius 2 is 1.72 bits per heavy atom. The minimum absolute atomic E-state index is 0.173. The van der Waals surface area contributed by atoms with Gasteiger partial charge in [-0.05, 0) is 55.3 Å². The topological polar surface area (TPSA) is 64.4 Å². The summed E-state index contributed by atoms with van der Waals surface area (Å²) in [5.41, 5.74) is 1.40. The molecule has 0 N–H and O–H groups in total. The van der Waals surface area contributed by atoms with E-state index in [1.165, 1.54) is 20.0 Å². The van der Waals surface area contributed by atoms with Crippen LogP contribution in [-0.4, -0.2) is 35.7 Å². The molecular formula is C22H22ClN3O3. The average Bonchev–Trinajstić information content (AvgIpc) is 3.03. The van der Waals surface area contributed by atoms with Gasteiger partial charge in [0.2, 0.25) is 5.95 Å². The number of hydrogen-bond donors (Lipinski definition) is 0. The Morgan fingerprint density at radius 1 is 1.03 bits per heavy atom. The van der Waals surface area contributed by atoms with Crippen LogP contribution in [0.3, 0.4) is 0 Å². The molecule has 0 saturated carbocycles. The summed E-state index contributed by atoms with van der Waals surface area (Å²) in [4.78, 5) is 32.4. The van der Waals surface area contributed by atoms with E-state index in [2.05, 4.69) is 4.90 Å². The van der Waals surface area contributed by atoms with E-state index in [9.17, 15) is 9.59 Å². The molecule has 1 aliphatic heterocycles. The van der Waals surface area contributed by atoms with Gasteiger partial charge in [0.05, 0.1) is 29.3 Å². The van der Waals surface area contributed by atoms with E-state index in [0.29, 0.717) is 33.1 Å². The molecule has 1 aliphatic rings. The number of methoxy groups -OCH3 is 1. The predicted octanol–water partition coefficient (Wildman–Crippen LogP) is 4.21. The van der Waals surface area contributed by atoms with Gasteiger partial charge in [-0.1, -0.05) is 24.4 Å². The second kappa shape index (κ2) is 8.25. The minimum Gasteiger partial charge on any atom is -0.465 e. The second-order valence-corrected chi connectivity index (χ2v) is 7.59. The third-order valence-electron chi connectivity index (χ3n) is 5.25. The first-order valence-electron chi connectivity index (χ1n) is 9.74. The summed E-state index contributed by atoms with van der Waals surface area (Å²) >= 11 is 6.05. The number of aromatic nitrogens is 2. The maximum absolute atomic E-state index is 13.5. The van der Waals surface area contributed by atoms with E-state index in [0.717, 1.165) is 25.9 Å². The van der Waals surface area contributed by atoms with Crippen LogP contribution in [0.2, 0.25) is 5.02 Å². The number of esters is 1. The summed E-state index contributed by atoms with van der Waals surface area (Å²) in [7, 11) is 1.33. The van der Waals surface area contributed by atoms with Gasteiger partial charge in [0.1, 0.15) is 0 Å². The SMILES string of the molecule is COC(=O)c1ccc2c(=O)n(-c3ccc(Cl)cc3)c(N3CCCCCC3)nc2c1. The summed E-state index contributed by atoms with van der Waals surface area (Å²) in [5, 5.41) is 1.06.